The summed E-state index contributed by atoms with van der Waals surface area (Å²) in [6, 6.07) is 16.5. The Balaban J connectivity index is 2.23. The summed E-state index contributed by atoms with van der Waals surface area (Å²) >= 11 is 12.1. The first-order chi connectivity index (χ1) is 13.9. The molecule has 29 heavy (non-hydrogen) atoms. The minimum Gasteiger partial charge on any atom is -0.313 e. The van der Waals surface area contributed by atoms with Gasteiger partial charge in [0.05, 0.1) is 6.54 Å². The van der Waals surface area contributed by atoms with Crippen molar-refractivity contribution in [2.24, 2.45) is 0 Å². The van der Waals surface area contributed by atoms with E-state index in [-0.39, 0.29) is 11.6 Å². The second-order valence-corrected chi connectivity index (χ2v) is 7.73. The molecule has 0 fully saturated rings. The third kappa shape index (κ3) is 4.86. The lowest BCUT2D eigenvalue weighted by Crippen LogP contribution is -2.33. The van der Waals surface area contributed by atoms with Crippen molar-refractivity contribution in [1.82, 2.24) is 15.1 Å². The molecule has 5 nitrogen and oxygen atoms in total. The van der Waals surface area contributed by atoms with Crippen LogP contribution in [0.1, 0.15) is 19.4 Å². The Morgan fingerprint density at radius 3 is 2.10 bits per heavy atom. The second kappa shape index (κ2) is 9.23. The third-order valence-corrected chi connectivity index (χ3v) is 4.90. The van der Waals surface area contributed by atoms with Crippen LogP contribution in [0.15, 0.2) is 53.3 Å². The molecule has 2 aromatic carbocycles. The zero-order valence-corrected chi connectivity index (χ0v) is 17.6. The Hall–Kier alpha value is -2.65. The highest BCUT2D eigenvalue weighted by molar-refractivity contribution is 6.31. The topological polar surface area (TPSA) is 70.7 Å². The van der Waals surface area contributed by atoms with Crippen LogP contribution in [0.2, 0.25) is 10.0 Å². The van der Waals surface area contributed by atoms with Gasteiger partial charge in [0, 0.05) is 33.8 Å². The molecule has 1 heterocycles. The molecule has 7 heteroatoms. The van der Waals surface area contributed by atoms with Gasteiger partial charge in [0.2, 0.25) is 0 Å². The number of benzene rings is 2. The van der Waals surface area contributed by atoms with Gasteiger partial charge < -0.3 is 5.32 Å². The molecule has 0 spiro atoms. The predicted molar refractivity (Wildman–Crippen MR) is 117 cm³/mol. The average molecular weight is 427 g/mol. The molecule has 0 atom stereocenters. The van der Waals surface area contributed by atoms with Gasteiger partial charge in [-0.3, -0.25) is 4.79 Å². The molecule has 0 aliphatic rings. The first kappa shape index (κ1) is 21.1. The Bertz CT molecular complexity index is 1100. The van der Waals surface area contributed by atoms with Crippen molar-refractivity contribution in [3.8, 4) is 28.5 Å². The molecule has 0 amide bonds. The van der Waals surface area contributed by atoms with E-state index in [1.54, 1.807) is 36.4 Å². The van der Waals surface area contributed by atoms with E-state index >= 15 is 0 Å². The predicted octanol–water partition coefficient (Wildman–Crippen LogP) is 4.75. The zero-order valence-electron chi connectivity index (χ0n) is 16.1. The van der Waals surface area contributed by atoms with Crippen molar-refractivity contribution in [2.45, 2.75) is 26.4 Å². The maximum Gasteiger partial charge on any atom is 0.285 e. The van der Waals surface area contributed by atoms with Gasteiger partial charge in [0.1, 0.15) is 17.3 Å². The van der Waals surface area contributed by atoms with Gasteiger partial charge in [-0.2, -0.15) is 10.4 Å². The lowest BCUT2D eigenvalue weighted by molar-refractivity contribution is 0.501. The number of nitrogens with one attached hydrogen (secondary N) is 1. The molecular formula is C22H20Cl2N4O. The van der Waals surface area contributed by atoms with E-state index in [9.17, 15) is 10.1 Å². The normalized spacial score (nSPS) is 10.9. The number of hydrogen-bond donors (Lipinski definition) is 1. The van der Waals surface area contributed by atoms with Crippen LogP contribution in [0.5, 0.6) is 0 Å². The van der Waals surface area contributed by atoms with Gasteiger partial charge >= 0.3 is 0 Å². The van der Waals surface area contributed by atoms with Crippen molar-refractivity contribution in [3.63, 3.8) is 0 Å². The first-order valence-corrected chi connectivity index (χ1v) is 9.96. The van der Waals surface area contributed by atoms with Gasteiger partial charge in [0.15, 0.2) is 0 Å². The van der Waals surface area contributed by atoms with Gasteiger partial charge in [0.25, 0.3) is 5.56 Å². The summed E-state index contributed by atoms with van der Waals surface area (Å²) < 4.78 is 1.34. The van der Waals surface area contributed by atoms with E-state index in [2.05, 4.69) is 16.5 Å². The lowest BCUT2D eigenvalue weighted by Gasteiger charge is -2.15. The summed E-state index contributed by atoms with van der Waals surface area (Å²) in [5, 5.41) is 18.9. The fourth-order valence-corrected chi connectivity index (χ4v) is 3.24. The minimum atomic E-state index is -0.416. The van der Waals surface area contributed by atoms with Crippen LogP contribution in [0.3, 0.4) is 0 Å². The molecule has 1 aromatic heterocycles. The SMILES string of the molecule is CC(C)NCCn1nc(-c2ccc(Cl)cc2)c(-c2ccc(Cl)cc2)c(C#N)c1=O. The van der Waals surface area contributed by atoms with Gasteiger partial charge in [-0.15, -0.1) is 0 Å². The Morgan fingerprint density at radius 2 is 1.59 bits per heavy atom. The fraction of sp³-hybridized carbons (Fsp3) is 0.227. The number of hydrogen-bond acceptors (Lipinski definition) is 4. The molecule has 0 radical (unpaired) electrons. The van der Waals surface area contributed by atoms with Crippen molar-refractivity contribution >= 4 is 23.2 Å². The Labute approximate surface area is 179 Å². The van der Waals surface area contributed by atoms with Crippen LogP contribution in [0, 0.1) is 11.3 Å². The monoisotopic (exact) mass is 426 g/mol. The summed E-state index contributed by atoms with van der Waals surface area (Å²) in [6.45, 7) is 4.97. The van der Waals surface area contributed by atoms with Gasteiger partial charge in [-0.05, 0) is 29.8 Å². The molecule has 148 valence electrons. The molecule has 0 aliphatic carbocycles. The first-order valence-electron chi connectivity index (χ1n) is 9.21. The Kier molecular flexibility index (Phi) is 6.71. The van der Waals surface area contributed by atoms with Crippen LogP contribution >= 0.6 is 23.2 Å². The maximum absolute atomic E-state index is 13.0. The smallest absolute Gasteiger partial charge is 0.285 e. The quantitative estimate of drug-likeness (QED) is 0.616. The summed E-state index contributed by atoms with van der Waals surface area (Å²) in [4.78, 5) is 13.0. The highest BCUT2D eigenvalue weighted by atomic mass is 35.5. The molecule has 3 aromatic rings. The molecule has 0 bridgehead atoms. The maximum atomic E-state index is 13.0. The number of nitrogens with zero attached hydrogens (tertiary/aromatic N) is 3. The number of nitriles is 1. The van der Waals surface area contributed by atoms with E-state index in [1.165, 1.54) is 4.68 Å². The largest absolute Gasteiger partial charge is 0.313 e. The summed E-state index contributed by atoms with van der Waals surface area (Å²) in [7, 11) is 0. The molecule has 0 saturated carbocycles. The van der Waals surface area contributed by atoms with E-state index in [0.717, 1.165) is 5.56 Å². The van der Waals surface area contributed by atoms with Crippen LogP contribution in [-0.2, 0) is 6.54 Å². The molecular weight excluding hydrogens is 407 g/mol. The van der Waals surface area contributed by atoms with E-state index in [1.807, 2.05) is 26.0 Å². The van der Waals surface area contributed by atoms with Crippen LogP contribution in [0.4, 0.5) is 0 Å². The van der Waals surface area contributed by atoms with Gasteiger partial charge in [-0.25, -0.2) is 4.68 Å². The summed E-state index contributed by atoms with van der Waals surface area (Å²) in [5.41, 5.74) is 2.14. The molecule has 1 N–H and O–H groups in total. The average Bonchev–Trinajstić information content (AvgIpc) is 2.70. The van der Waals surface area contributed by atoms with E-state index < -0.39 is 5.56 Å². The highest BCUT2D eigenvalue weighted by Gasteiger charge is 2.20. The van der Waals surface area contributed by atoms with Crippen molar-refractivity contribution in [2.75, 3.05) is 6.54 Å². The van der Waals surface area contributed by atoms with Crippen LogP contribution in [0.25, 0.3) is 22.4 Å². The standard InChI is InChI=1S/C22H20Cl2N4O/c1-14(2)26-11-12-28-22(29)19(13-25)20(15-3-7-17(23)8-4-15)21(27-28)16-5-9-18(24)10-6-16/h3-10,14,26H,11-12H2,1-2H3. The molecule has 0 saturated heterocycles. The minimum absolute atomic E-state index is 0.0526. The highest BCUT2D eigenvalue weighted by Crippen LogP contribution is 2.33. The number of aromatic nitrogens is 2. The molecule has 0 unspecified atom stereocenters. The number of rotatable bonds is 6. The zero-order chi connectivity index (χ0) is 21.0. The lowest BCUT2D eigenvalue weighted by atomic mass is 9.96. The van der Waals surface area contributed by atoms with E-state index in [0.29, 0.717) is 40.0 Å². The van der Waals surface area contributed by atoms with Crippen LogP contribution in [-0.4, -0.2) is 22.4 Å². The summed E-state index contributed by atoms with van der Waals surface area (Å²) in [6.07, 6.45) is 0. The molecule has 0 aliphatic heterocycles. The summed E-state index contributed by atoms with van der Waals surface area (Å²) in [5.74, 6) is 0. The van der Waals surface area contributed by atoms with Crippen LogP contribution < -0.4 is 10.9 Å². The number of halogens is 2. The third-order valence-electron chi connectivity index (χ3n) is 4.39. The van der Waals surface area contributed by atoms with Crippen molar-refractivity contribution < 1.29 is 0 Å². The van der Waals surface area contributed by atoms with Gasteiger partial charge in [-0.1, -0.05) is 61.3 Å². The van der Waals surface area contributed by atoms with Crippen molar-refractivity contribution in [1.29, 1.82) is 5.26 Å². The molecule has 3 rings (SSSR count). The Morgan fingerprint density at radius 1 is 1.03 bits per heavy atom. The second-order valence-electron chi connectivity index (χ2n) is 6.86. The van der Waals surface area contributed by atoms with E-state index in [4.69, 9.17) is 23.2 Å². The fourth-order valence-electron chi connectivity index (χ4n) is 2.99. The van der Waals surface area contributed by atoms with Crippen molar-refractivity contribution in [3.05, 3.63) is 74.5 Å².